The van der Waals surface area contributed by atoms with Crippen LogP contribution in [0.1, 0.15) is 40.6 Å². The molecule has 1 aliphatic rings. The van der Waals surface area contributed by atoms with Crippen molar-refractivity contribution >= 4 is 17.5 Å². The van der Waals surface area contributed by atoms with Crippen LogP contribution in [-0.2, 0) is 0 Å². The average Bonchev–Trinajstić information content (AvgIpc) is 3.23. The second-order valence-corrected chi connectivity index (χ2v) is 6.68. The fraction of sp³-hybridized carbons (Fsp3) is 0.316. The molecule has 1 aliphatic heterocycles. The number of pyridine rings is 1. The number of hydrogen-bond acceptors (Lipinski definition) is 6. The second kappa shape index (κ2) is 7.53. The van der Waals surface area contributed by atoms with E-state index in [2.05, 4.69) is 30.5 Å². The molecule has 1 fully saturated rings. The van der Waals surface area contributed by atoms with Gasteiger partial charge in [0, 0.05) is 30.9 Å². The van der Waals surface area contributed by atoms with E-state index in [0.717, 1.165) is 36.6 Å². The number of H-pyrrole nitrogens is 1. The van der Waals surface area contributed by atoms with Crippen LogP contribution in [0.2, 0.25) is 0 Å². The van der Waals surface area contributed by atoms with Crippen LogP contribution in [0.5, 0.6) is 0 Å². The maximum Gasteiger partial charge on any atom is 0.271 e. The van der Waals surface area contributed by atoms with E-state index >= 15 is 0 Å². The minimum atomic E-state index is -0.0195. The molecule has 0 bridgehead atoms. The van der Waals surface area contributed by atoms with E-state index in [-0.39, 0.29) is 11.8 Å². The predicted octanol–water partition coefficient (Wildman–Crippen LogP) is 2.67. The number of aryl methyl sites for hydroxylation is 1. The molecule has 1 saturated heterocycles. The van der Waals surface area contributed by atoms with Crippen LogP contribution in [0.25, 0.3) is 0 Å². The molecule has 1 unspecified atom stereocenters. The Labute approximate surface area is 157 Å². The zero-order valence-electron chi connectivity index (χ0n) is 15.1. The number of likely N-dealkylation sites (tertiary alicyclic amines) is 1. The Morgan fingerprint density at radius 2 is 2.15 bits per heavy atom. The number of carbonyl (C=O) groups is 1. The standard InChI is InChI=1S/C19H21N7O/c1-13-4-2-6-17(23-13)24-18-11-20-16(10-21-18)14-5-3-9-26(12-14)19(27)15-7-8-22-25-15/h2,4,6-8,10-11,14H,3,5,9,12H2,1H3,(H,22,25)(H,21,23,24). The van der Waals surface area contributed by atoms with E-state index < -0.39 is 0 Å². The summed E-state index contributed by atoms with van der Waals surface area (Å²) in [5, 5.41) is 9.76. The van der Waals surface area contributed by atoms with Crippen molar-refractivity contribution in [3.63, 3.8) is 0 Å². The van der Waals surface area contributed by atoms with Gasteiger partial charge < -0.3 is 10.2 Å². The first-order valence-corrected chi connectivity index (χ1v) is 9.00. The highest BCUT2D eigenvalue weighted by Crippen LogP contribution is 2.26. The van der Waals surface area contributed by atoms with Crippen LogP contribution in [-0.4, -0.2) is 49.0 Å². The number of piperidine rings is 1. The summed E-state index contributed by atoms with van der Waals surface area (Å²) in [6, 6.07) is 7.48. The van der Waals surface area contributed by atoms with E-state index in [4.69, 9.17) is 0 Å². The number of nitrogens with zero attached hydrogens (tertiary/aromatic N) is 5. The minimum Gasteiger partial charge on any atom is -0.337 e. The van der Waals surface area contributed by atoms with Gasteiger partial charge in [-0.1, -0.05) is 6.07 Å². The Balaban J connectivity index is 1.43. The predicted molar refractivity (Wildman–Crippen MR) is 101 cm³/mol. The lowest BCUT2D eigenvalue weighted by Gasteiger charge is -2.32. The molecule has 1 amide bonds. The first-order chi connectivity index (χ1) is 13.2. The Kier molecular flexibility index (Phi) is 4.78. The highest BCUT2D eigenvalue weighted by molar-refractivity contribution is 5.92. The van der Waals surface area contributed by atoms with Gasteiger partial charge in [-0.15, -0.1) is 0 Å². The third-order valence-corrected chi connectivity index (χ3v) is 4.67. The monoisotopic (exact) mass is 363 g/mol. The lowest BCUT2D eigenvalue weighted by Crippen LogP contribution is -2.39. The maximum absolute atomic E-state index is 12.5. The highest BCUT2D eigenvalue weighted by atomic mass is 16.2. The summed E-state index contributed by atoms with van der Waals surface area (Å²) in [7, 11) is 0. The molecule has 3 aromatic rings. The highest BCUT2D eigenvalue weighted by Gasteiger charge is 2.27. The summed E-state index contributed by atoms with van der Waals surface area (Å²) in [5.74, 6) is 1.56. The third kappa shape index (κ3) is 3.94. The van der Waals surface area contributed by atoms with Crippen LogP contribution in [0.15, 0.2) is 42.9 Å². The molecule has 0 radical (unpaired) electrons. The van der Waals surface area contributed by atoms with Gasteiger partial charge in [-0.05, 0) is 38.0 Å². The molecular weight excluding hydrogens is 342 g/mol. The molecule has 3 aromatic heterocycles. The largest absolute Gasteiger partial charge is 0.337 e. The van der Waals surface area contributed by atoms with Crippen molar-refractivity contribution in [1.82, 2.24) is 30.0 Å². The molecule has 0 spiro atoms. The average molecular weight is 363 g/mol. The summed E-state index contributed by atoms with van der Waals surface area (Å²) in [5.41, 5.74) is 2.36. The Morgan fingerprint density at radius 1 is 1.22 bits per heavy atom. The molecule has 8 heteroatoms. The molecule has 138 valence electrons. The molecule has 1 atom stereocenters. The van der Waals surface area contributed by atoms with Crippen molar-refractivity contribution in [3.05, 3.63) is 59.9 Å². The topological polar surface area (TPSA) is 99.7 Å². The molecular formula is C19H21N7O. The number of amides is 1. The van der Waals surface area contributed by atoms with E-state index in [1.165, 1.54) is 0 Å². The van der Waals surface area contributed by atoms with E-state index in [1.807, 2.05) is 30.0 Å². The van der Waals surface area contributed by atoms with Gasteiger partial charge in [-0.2, -0.15) is 5.10 Å². The number of hydrogen-bond donors (Lipinski definition) is 2. The fourth-order valence-corrected chi connectivity index (χ4v) is 3.31. The minimum absolute atomic E-state index is 0.0195. The van der Waals surface area contributed by atoms with Crippen molar-refractivity contribution in [1.29, 1.82) is 0 Å². The van der Waals surface area contributed by atoms with Crippen LogP contribution in [0.4, 0.5) is 11.6 Å². The lowest BCUT2D eigenvalue weighted by molar-refractivity contribution is 0.0699. The number of aromatic amines is 1. The van der Waals surface area contributed by atoms with Crippen LogP contribution < -0.4 is 5.32 Å². The summed E-state index contributed by atoms with van der Waals surface area (Å²) in [6.45, 7) is 3.33. The zero-order chi connectivity index (χ0) is 18.6. The number of anilines is 2. The van der Waals surface area contributed by atoms with Crippen LogP contribution in [0, 0.1) is 6.92 Å². The van der Waals surface area contributed by atoms with Crippen molar-refractivity contribution < 1.29 is 4.79 Å². The molecule has 0 aliphatic carbocycles. The first-order valence-electron chi connectivity index (χ1n) is 9.00. The molecule has 4 heterocycles. The zero-order valence-corrected chi connectivity index (χ0v) is 15.1. The number of nitrogens with one attached hydrogen (secondary N) is 2. The van der Waals surface area contributed by atoms with Crippen molar-refractivity contribution in [2.45, 2.75) is 25.7 Å². The summed E-state index contributed by atoms with van der Waals surface area (Å²) < 4.78 is 0. The van der Waals surface area contributed by atoms with Gasteiger partial charge in [0.15, 0.2) is 0 Å². The number of rotatable bonds is 4. The Bertz CT molecular complexity index is 908. The molecule has 8 nitrogen and oxygen atoms in total. The molecule has 0 aromatic carbocycles. The summed E-state index contributed by atoms with van der Waals surface area (Å²) >= 11 is 0. The normalized spacial score (nSPS) is 16.9. The lowest BCUT2D eigenvalue weighted by atomic mass is 9.95. The number of aromatic nitrogens is 5. The smallest absolute Gasteiger partial charge is 0.271 e. The third-order valence-electron chi connectivity index (χ3n) is 4.67. The summed E-state index contributed by atoms with van der Waals surface area (Å²) in [4.78, 5) is 27.8. The van der Waals surface area contributed by atoms with Gasteiger partial charge in [-0.3, -0.25) is 14.9 Å². The van der Waals surface area contributed by atoms with E-state index in [0.29, 0.717) is 18.1 Å². The van der Waals surface area contributed by atoms with Gasteiger partial charge >= 0.3 is 0 Å². The van der Waals surface area contributed by atoms with Crippen molar-refractivity contribution in [2.75, 3.05) is 18.4 Å². The van der Waals surface area contributed by atoms with Gasteiger partial charge in [0.25, 0.3) is 5.91 Å². The van der Waals surface area contributed by atoms with Crippen LogP contribution in [0.3, 0.4) is 0 Å². The van der Waals surface area contributed by atoms with Gasteiger partial charge in [0.1, 0.15) is 17.3 Å². The molecule has 2 N–H and O–H groups in total. The van der Waals surface area contributed by atoms with Crippen LogP contribution >= 0.6 is 0 Å². The fourth-order valence-electron chi connectivity index (χ4n) is 3.31. The molecule has 4 rings (SSSR count). The quantitative estimate of drug-likeness (QED) is 0.739. The second-order valence-electron chi connectivity index (χ2n) is 6.68. The molecule has 0 saturated carbocycles. The van der Waals surface area contributed by atoms with Gasteiger partial charge in [0.2, 0.25) is 0 Å². The van der Waals surface area contributed by atoms with Crippen molar-refractivity contribution in [3.8, 4) is 0 Å². The number of carbonyl (C=O) groups excluding carboxylic acids is 1. The molecule has 27 heavy (non-hydrogen) atoms. The van der Waals surface area contributed by atoms with Crippen molar-refractivity contribution in [2.24, 2.45) is 0 Å². The Hall–Kier alpha value is -3.29. The van der Waals surface area contributed by atoms with E-state index in [1.54, 1.807) is 24.7 Å². The Morgan fingerprint density at radius 3 is 2.89 bits per heavy atom. The maximum atomic E-state index is 12.5. The van der Waals surface area contributed by atoms with Gasteiger partial charge in [0.05, 0.1) is 18.1 Å². The van der Waals surface area contributed by atoms with E-state index in [9.17, 15) is 4.79 Å². The summed E-state index contributed by atoms with van der Waals surface area (Å²) in [6.07, 6.45) is 7.03. The van der Waals surface area contributed by atoms with Gasteiger partial charge in [-0.25, -0.2) is 9.97 Å². The SMILES string of the molecule is Cc1cccc(Nc2cnc(C3CCCN(C(=O)c4ccn[nH]4)C3)cn2)n1. The first kappa shape index (κ1) is 17.1.